The number of ether oxygens (including phenoxy) is 2. The third-order valence-corrected chi connectivity index (χ3v) is 11.0. The van der Waals surface area contributed by atoms with E-state index < -0.39 is 53.7 Å². The second-order valence-electron chi connectivity index (χ2n) is 15.9. The Morgan fingerprint density at radius 1 is 0.955 bits per heavy atom. The Hall–Kier alpha value is -6.94. The van der Waals surface area contributed by atoms with Gasteiger partial charge in [-0.1, -0.05) is 43.7 Å². The Morgan fingerprint density at radius 2 is 1.62 bits per heavy atom. The highest BCUT2D eigenvalue weighted by Crippen LogP contribution is 2.40. The summed E-state index contributed by atoms with van der Waals surface area (Å²) in [7, 11) is 1.41. The molecule has 352 valence electrons. The van der Waals surface area contributed by atoms with Crippen molar-refractivity contribution in [1.29, 1.82) is 5.26 Å². The molecule has 1 aliphatic rings. The molecule has 5 amide bonds. The molecule has 1 aliphatic heterocycles. The van der Waals surface area contributed by atoms with Gasteiger partial charge in [0.05, 0.1) is 6.07 Å². The number of benzene rings is 3. The van der Waals surface area contributed by atoms with E-state index in [1.165, 1.54) is 24.4 Å². The van der Waals surface area contributed by atoms with Gasteiger partial charge in [0, 0.05) is 54.5 Å². The molecule has 0 aromatic heterocycles. The van der Waals surface area contributed by atoms with Crippen LogP contribution in [0.2, 0.25) is 0 Å². The van der Waals surface area contributed by atoms with Crippen molar-refractivity contribution in [2.75, 3.05) is 46.4 Å². The predicted octanol–water partition coefficient (Wildman–Crippen LogP) is 2.25. The van der Waals surface area contributed by atoms with Crippen LogP contribution in [-0.2, 0) is 36.8 Å². The van der Waals surface area contributed by atoms with E-state index in [-0.39, 0.29) is 57.8 Å². The zero-order chi connectivity index (χ0) is 48.5. The largest absolute Gasteiger partial charge is 0.492 e. The van der Waals surface area contributed by atoms with Gasteiger partial charge < -0.3 is 52.8 Å². The lowest BCUT2D eigenvalue weighted by atomic mass is 9.93. The van der Waals surface area contributed by atoms with Crippen molar-refractivity contribution in [3.05, 3.63) is 93.7 Å². The summed E-state index contributed by atoms with van der Waals surface area (Å²) in [6.07, 6.45) is 1.93. The van der Waals surface area contributed by atoms with Gasteiger partial charge in [0.2, 0.25) is 29.5 Å². The number of aryl methyl sites for hydroxylation is 2. The molecule has 0 spiro atoms. The molecule has 4 bridgehead atoms. The number of rotatable bonds is 18. The first-order valence-corrected chi connectivity index (χ1v) is 21.9. The second-order valence-corrected chi connectivity index (χ2v) is 15.9. The van der Waals surface area contributed by atoms with E-state index in [0.717, 1.165) is 24.0 Å². The zero-order valence-electron chi connectivity index (χ0n) is 38.7. The smallest absolute Gasteiger partial charge is 0.249 e. The maximum Gasteiger partial charge on any atom is 0.249 e. The van der Waals surface area contributed by atoms with E-state index in [4.69, 9.17) is 31.9 Å². The molecule has 18 heteroatoms. The number of hydrogen-bond donors (Lipinski definition) is 7. The highest BCUT2D eigenvalue weighted by molar-refractivity contribution is 6.04. The van der Waals surface area contributed by atoms with Gasteiger partial charge in [-0.15, -0.1) is 0 Å². The van der Waals surface area contributed by atoms with Crippen LogP contribution in [0.15, 0.2) is 75.9 Å². The van der Waals surface area contributed by atoms with Gasteiger partial charge in [0.25, 0.3) is 0 Å². The van der Waals surface area contributed by atoms with Crippen molar-refractivity contribution < 1.29 is 33.4 Å². The molecule has 4 atom stereocenters. The molecule has 66 heavy (non-hydrogen) atoms. The first-order chi connectivity index (χ1) is 31.6. The number of fused-ring (bicyclic) bond motifs is 5. The first kappa shape index (κ1) is 51.7. The number of carbonyl (C=O) groups excluding carboxylic acids is 5. The monoisotopic (exact) mass is 905 g/mol. The first-order valence-electron chi connectivity index (χ1n) is 21.9. The molecule has 0 saturated heterocycles. The van der Waals surface area contributed by atoms with Gasteiger partial charge in [0.15, 0.2) is 5.84 Å². The van der Waals surface area contributed by atoms with E-state index in [2.05, 4.69) is 51.0 Å². The third-order valence-electron chi connectivity index (χ3n) is 11.0. The number of allylic oxidation sites excluding steroid dienone is 1. The molecule has 10 N–H and O–H groups in total. The fraction of sp³-hybridized carbons (Fsp3) is 0.417. The molecule has 4 rings (SSSR count). The molecule has 3 aromatic rings. The molecule has 0 fully saturated rings. The number of amidine groups is 1. The minimum Gasteiger partial charge on any atom is -0.492 e. The van der Waals surface area contributed by atoms with Gasteiger partial charge in [0.1, 0.15) is 55.4 Å². The molecule has 0 unspecified atom stereocenters. The maximum atomic E-state index is 14.7. The van der Waals surface area contributed by atoms with Crippen LogP contribution in [0.3, 0.4) is 0 Å². The summed E-state index contributed by atoms with van der Waals surface area (Å²) in [6.45, 7) is 12.8. The minimum absolute atomic E-state index is 0.0000629. The van der Waals surface area contributed by atoms with Crippen molar-refractivity contribution in [3.63, 3.8) is 0 Å². The molecule has 0 saturated carbocycles. The van der Waals surface area contributed by atoms with Crippen LogP contribution in [0.5, 0.6) is 11.5 Å². The Kier molecular flexibility index (Phi) is 19.5. The topological polar surface area (TPSA) is 282 Å². The van der Waals surface area contributed by atoms with E-state index >= 15 is 0 Å². The van der Waals surface area contributed by atoms with Gasteiger partial charge in [-0.3, -0.25) is 24.0 Å². The van der Waals surface area contributed by atoms with Crippen LogP contribution in [0.1, 0.15) is 74.4 Å². The number of hydrogen-bond acceptors (Lipinski definition) is 12. The summed E-state index contributed by atoms with van der Waals surface area (Å²) in [6, 6.07) is 13.0. The standard InChI is InChI=1S/C48H63N11O7/c1-8-9-32-10-13-35(28(2)24-32)43(53-6)55-30(4)29(3)44(60)57-38(16-17-49)48(64)59(7)42-34-12-15-41(66-23-20-52)37(27-34)36-25-33(11-14-40(36)65-22-19-51)26-39(46(62)54-21-18-50)58-45(61)31(5)56-47(42)63/h10-15,24-25,27,31,38-39,42H,6,8-9,16-17,19-23,26,49,51-52H2,1-5,7H3,(H,54,62)(H,56,63)(H,57,60)(H,58,61)/b30-29+,55-43?/t31-,38-,39-,42-/m0/s1. The molecule has 0 radical (unpaired) electrons. The fourth-order valence-corrected chi connectivity index (χ4v) is 7.40. The van der Waals surface area contributed by atoms with E-state index in [1.54, 1.807) is 50.2 Å². The lowest BCUT2D eigenvalue weighted by Gasteiger charge is -2.32. The number of nitrogens with zero attached hydrogens (tertiary/aromatic N) is 4. The molecule has 3 aromatic carbocycles. The average Bonchev–Trinajstić information content (AvgIpc) is 3.30. The number of carbonyl (C=O) groups is 5. The third kappa shape index (κ3) is 13.3. The minimum atomic E-state index is -1.40. The van der Waals surface area contributed by atoms with Crippen LogP contribution in [-0.4, -0.2) is 112 Å². The van der Waals surface area contributed by atoms with Crippen LogP contribution in [0.25, 0.3) is 11.1 Å². The summed E-state index contributed by atoms with van der Waals surface area (Å²) in [4.78, 5) is 80.2. The normalized spacial score (nSPS) is 17.1. The Balaban J connectivity index is 1.82. The average molecular weight is 906 g/mol. The van der Waals surface area contributed by atoms with Crippen molar-refractivity contribution in [3.8, 4) is 28.7 Å². The highest BCUT2D eigenvalue weighted by Gasteiger charge is 2.36. The quantitative estimate of drug-likeness (QED) is 0.0421. The van der Waals surface area contributed by atoms with Crippen LogP contribution in [0, 0.1) is 18.3 Å². The summed E-state index contributed by atoms with van der Waals surface area (Å²) >= 11 is 0. The molecule has 1 heterocycles. The molecule has 0 aliphatic carbocycles. The lowest BCUT2D eigenvalue weighted by Crippen LogP contribution is -2.56. The van der Waals surface area contributed by atoms with E-state index in [9.17, 15) is 24.0 Å². The highest BCUT2D eigenvalue weighted by atomic mass is 16.5. The van der Waals surface area contributed by atoms with Gasteiger partial charge >= 0.3 is 0 Å². The molecule has 18 nitrogen and oxygen atoms in total. The Morgan fingerprint density at radius 3 is 2.23 bits per heavy atom. The Bertz CT molecular complexity index is 2370. The van der Waals surface area contributed by atoms with Gasteiger partial charge in [-0.2, -0.15) is 5.26 Å². The zero-order valence-corrected chi connectivity index (χ0v) is 38.7. The van der Waals surface area contributed by atoms with E-state index in [0.29, 0.717) is 45.3 Å². The number of aliphatic imine (C=N–C) groups is 2. The van der Waals surface area contributed by atoms with Crippen molar-refractivity contribution in [1.82, 2.24) is 26.2 Å². The van der Waals surface area contributed by atoms with Crippen molar-refractivity contribution in [2.45, 2.75) is 84.5 Å². The van der Waals surface area contributed by atoms with Crippen molar-refractivity contribution >= 4 is 42.1 Å². The summed E-state index contributed by atoms with van der Waals surface area (Å²) < 4.78 is 12.2. The summed E-state index contributed by atoms with van der Waals surface area (Å²) in [5, 5.41) is 19.9. The number of likely N-dealkylation sites (N-methyl/N-ethyl adjacent to an activating group) is 1. The predicted molar refractivity (Wildman–Crippen MR) is 254 cm³/mol. The maximum absolute atomic E-state index is 14.7. The SMILES string of the molecule is C=NC(=N/C(C)=C(\C)C(=O)N[C@@H](CCN)C(=O)N(C)[C@@H]1C(=O)N[C@@H](C)C(=O)N[C@H](C(=O)NCC#N)Cc2ccc(OCCN)c(c2)-c2cc1ccc2OCCN)c1ccc(CCC)cc1C. The lowest BCUT2D eigenvalue weighted by molar-refractivity contribution is -0.142. The number of nitriles is 1. The number of nitrogens with one attached hydrogen (secondary N) is 4. The molecular weight excluding hydrogens is 843 g/mol. The summed E-state index contributed by atoms with van der Waals surface area (Å²) in [5.41, 5.74) is 23.0. The second kappa shape index (κ2) is 24.9. The van der Waals surface area contributed by atoms with Gasteiger partial charge in [-0.05, 0) is 100 Å². The summed E-state index contributed by atoms with van der Waals surface area (Å²) in [5.74, 6) is -2.25. The number of amides is 5. The van der Waals surface area contributed by atoms with Crippen LogP contribution < -0.4 is 47.9 Å². The fourth-order valence-electron chi connectivity index (χ4n) is 7.40. The van der Waals surface area contributed by atoms with Crippen LogP contribution >= 0.6 is 0 Å². The van der Waals surface area contributed by atoms with Crippen molar-refractivity contribution in [2.24, 2.45) is 27.2 Å². The van der Waals surface area contributed by atoms with Crippen LogP contribution in [0.4, 0.5) is 0 Å². The number of nitrogens with two attached hydrogens (primary N) is 3. The van der Waals surface area contributed by atoms with E-state index in [1.807, 2.05) is 25.1 Å². The Labute approximate surface area is 386 Å². The van der Waals surface area contributed by atoms with Gasteiger partial charge in [-0.25, -0.2) is 9.98 Å². The molecular formula is C48H63N11O7.